The van der Waals surface area contributed by atoms with E-state index in [9.17, 15) is 26.6 Å². The van der Waals surface area contributed by atoms with Crippen LogP contribution in [0.1, 0.15) is 5.56 Å². The van der Waals surface area contributed by atoms with Gasteiger partial charge in [-0.15, -0.1) is 11.3 Å². The average Bonchev–Trinajstić information content (AvgIpc) is 3.22. The lowest BCUT2D eigenvalue weighted by Gasteiger charge is -2.11. The van der Waals surface area contributed by atoms with E-state index in [1.807, 2.05) is 0 Å². The third-order valence-electron chi connectivity index (χ3n) is 4.99. The maximum Gasteiger partial charge on any atom is 0.263 e. The largest absolute Gasteiger partial charge is 0.298 e. The Balaban J connectivity index is 1.58. The number of hydrogen-bond donors (Lipinski definition) is 2. The number of carbonyl (C=O) groups is 1. The Morgan fingerprint density at radius 1 is 1.14 bits per heavy atom. The Hall–Kier alpha value is -2.90. The van der Waals surface area contributed by atoms with Crippen LogP contribution in [0, 0.1) is 5.82 Å². The Morgan fingerprint density at radius 2 is 1.91 bits per heavy atom. The third kappa shape index (κ3) is 5.68. The van der Waals surface area contributed by atoms with E-state index in [1.54, 1.807) is 12.1 Å². The first-order chi connectivity index (χ1) is 16.5. The van der Waals surface area contributed by atoms with E-state index in [0.29, 0.717) is 5.39 Å². The molecule has 0 fully saturated rings. The molecule has 2 aromatic carbocycles. The summed E-state index contributed by atoms with van der Waals surface area (Å²) in [6, 6.07) is 12.7. The van der Waals surface area contributed by atoms with Gasteiger partial charge in [-0.05, 0) is 53.4 Å². The predicted octanol–water partition coefficient (Wildman–Crippen LogP) is 3.98. The Bertz CT molecular complexity index is 1650. The number of hydrogen-bond acceptors (Lipinski definition) is 6. The van der Waals surface area contributed by atoms with Crippen molar-refractivity contribution in [3.05, 3.63) is 86.9 Å². The number of pyridine rings is 1. The summed E-state index contributed by atoms with van der Waals surface area (Å²) in [7, 11) is -3.85. The van der Waals surface area contributed by atoms with Crippen LogP contribution < -0.4 is 10.3 Å². The number of nitrogens with zero attached hydrogens (tertiary/aromatic N) is 1. The van der Waals surface area contributed by atoms with Crippen molar-refractivity contribution in [2.45, 2.75) is 10.6 Å². The summed E-state index contributed by atoms with van der Waals surface area (Å²) in [5.74, 6) is -2.15. The molecule has 0 aliphatic heterocycles. The van der Waals surface area contributed by atoms with Crippen LogP contribution in [0.4, 0.5) is 10.1 Å². The van der Waals surface area contributed by atoms with E-state index in [4.69, 9.17) is 16.2 Å². The molecule has 0 saturated carbocycles. The summed E-state index contributed by atoms with van der Waals surface area (Å²) >= 11 is 4.29. The van der Waals surface area contributed by atoms with Crippen LogP contribution in [0.15, 0.2) is 69.8 Å². The molecule has 0 radical (unpaired) electrons. The molecule has 2 heterocycles. The molecule has 0 aliphatic carbocycles. The number of fused-ring (bicyclic) bond motifs is 1. The van der Waals surface area contributed by atoms with Gasteiger partial charge in [0.25, 0.3) is 16.8 Å². The Morgan fingerprint density at radius 3 is 2.57 bits per heavy atom. The van der Waals surface area contributed by atoms with E-state index < -0.39 is 44.0 Å². The van der Waals surface area contributed by atoms with Gasteiger partial charge in [0.2, 0.25) is 0 Å². The van der Waals surface area contributed by atoms with Crippen molar-refractivity contribution < 1.29 is 26.4 Å². The second-order valence-corrected chi connectivity index (χ2v) is 12.1. The molecule has 0 saturated heterocycles. The van der Waals surface area contributed by atoms with Crippen LogP contribution in [0.3, 0.4) is 0 Å². The van der Waals surface area contributed by atoms with Crippen molar-refractivity contribution in [1.29, 1.82) is 0 Å². The van der Waals surface area contributed by atoms with Gasteiger partial charge in [-0.3, -0.25) is 23.4 Å². The summed E-state index contributed by atoms with van der Waals surface area (Å²) in [5.41, 5.74) is -0.139. The van der Waals surface area contributed by atoms with Gasteiger partial charge in [0.1, 0.15) is 15.8 Å². The van der Waals surface area contributed by atoms with Crippen molar-refractivity contribution in [3.8, 4) is 5.69 Å². The third-order valence-corrected chi connectivity index (χ3v) is 8.89. The second kappa shape index (κ2) is 9.99. The van der Waals surface area contributed by atoms with Gasteiger partial charge in [0.05, 0.1) is 10.0 Å². The van der Waals surface area contributed by atoms with Gasteiger partial charge in [0, 0.05) is 23.7 Å². The number of rotatable bonds is 8. The number of nitrogens with one attached hydrogen (secondary N) is 1. The minimum absolute atomic E-state index is 0.0170. The SMILES string of the molecule is O=C(Cc1ccc(-n2ccc3ccc(NS(=O)O)cc3c2=O)c(F)c1)CS(=O)(=O)c1ccc(Cl)s1. The highest BCUT2D eigenvalue weighted by Gasteiger charge is 2.22. The smallest absolute Gasteiger partial charge is 0.263 e. The molecule has 0 aliphatic rings. The first-order valence-corrected chi connectivity index (χ1v) is 13.8. The predicted molar refractivity (Wildman–Crippen MR) is 134 cm³/mol. The average molecular weight is 555 g/mol. The molecule has 4 aromatic rings. The van der Waals surface area contributed by atoms with Gasteiger partial charge in [-0.1, -0.05) is 23.7 Å². The van der Waals surface area contributed by atoms with Gasteiger partial charge < -0.3 is 0 Å². The highest BCUT2D eigenvalue weighted by molar-refractivity contribution is 7.94. The second-order valence-electron chi connectivity index (χ2n) is 7.46. The Labute approximate surface area is 210 Å². The molecule has 2 aromatic heterocycles. The summed E-state index contributed by atoms with van der Waals surface area (Å²) in [4.78, 5) is 25.3. The zero-order valence-electron chi connectivity index (χ0n) is 17.6. The van der Waals surface area contributed by atoms with Crippen molar-refractivity contribution in [2.75, 3.05) is 10.5 Å². The number of sulfone groups is 1. The van der Waals surface area contributed by atoms with Gasteiger partial charge >= 0.3 is 0 Å². The molecule has 0 amide bonds. The van der Waals surface area contributed by atoms with Crippen molar-refractivity contribution >= 4 is 66.3 Å². The quantitative estimate of drug-likeness (QED) is 0.318. The fourth-order valence-electron chi connectivity index (χ4n) is 3.48. The maximum atomic E-state index is 14.9. The first kappa shape index (κ1) is 25.2. The van der Waals surface area contributed by atoms with Crippen LogP contribution in [-0.4, -0.2) is 33.3 Å². The minimum Gasteiger partial charge on any atom is -0.298 e. The van der Waals surface area contributed by atoms with Crippen LogP contribution in [0.25, 0.3) is 16.5 Å². The molecule has 8 nitrogen and oxygen atoms in total. The molecule has 2 N–H and O–H groups in total. The molecule has 0 bridgehead atoms. The zero-order valence-corrected chi connectivity index (χ0v) is 20.8. The summed E-state index contributed by atoms with van der Waals surface area (Å²) < 4.78 is 63.3. The van der Waals surface area contributed by atoms with Crippen LogP contribution in [-0.2, 0) is 32.3 Å². The van der Waals surface area contributed by atoms with Gasteiger partial charge in [0.15, 0.2) is 15.6 Å². The van der Waals surface area contributed by atoms with E-state index >= 15 is 0 Å². The fourth-order valence-corrected chi connectivity index (χ4v) is 6.62. The lowest BCUT2D eigenvalue weighted by Crippen LogP contribution is -2.20. The normalized spacial score (nSPS) is 12.5. The monoisotopic (exact) mass is 554 g/mol. The first-order valence-electron chi connectivity index (χ1n) is 9.85. The number of thiophene rings is 1. The lowest BCUT2D eigenvalue weighted by atomic mass is 10.1. The number of ketones is 1. The van der Waals surface area contributed by atoms with Crippen LogP contribution in [0.2, 0.25) is 4.34 Å². The van der Waals surface area contributed by atoms with Crippen LogP contribution in [0.5, 0.6) is 0 Å². The number of anilines is 1. The van der Waals surface area contributed by atoms with E-state index in [0.717, 1.165) is 22.0 Å². The number of carbonyl (C=O) groups excluding carboxylic acids is 1. The van der Waals surface area contributed by atoms with E-state index in [1.165, 1.54) is 42.6 Å². The molecule has 35 heavy (non-hydrogen) atoms. The molecule has 4 rings (SSSR count). The molecule has 1 unspecified atom stereocenters. The van der Waals surface area contributed by atoms with Crippen molar-refractivity contribution in [2.24, 2.45) is 0 Å². The highest BCUT2D eigenvalue weighted by atomic mass is 35.5. The number of aromatic nitrogens is 1. The fraction of sp³-hybridized carbons (Fsp3) is 0.0909. The molecule has 1 atom stereocenters. The number of benzene rings is 2. The molecule has 0 spiro atoms. The summed E-state index contributed by atoms with van der Waals surface area (Å²) in [6.45, 7) is 0. The number of Topliss-reactive ketones (excluding diaryl/α,β-unsaturated/α-hetero) is 1. The number of halogens is 2. The van der Waals surface area contributed by atoms with Crippen molar-refractivity contribution in [1.82, 2.24) is 4.57 Å². The molecular weight excluding hydrogens is 539 g/mol. The van der Waals surface area contributed by atoms with Crippen LogP contribution >= 0.6 is 22.9 Å². The summed E-state index contributed by atoms with van der Waals surface area (Å²) in [5, 5.41) is 0.747. The standard InChI is InChI=1S/C22H16ClFN2O6S3/c23-20-5-6-21(33-20)35(31,32)12-16(27)9-13-1-4-19(18(24)10-13)26-8-7-14-2-3-15(25-34(29)30)11-17(14)22(26)28/h1-8,10-11,25H,9,12H2,(H,29,30). The van der Waals surface area contributed by atoms with E-state index in [2.05, 4.69) is 4.72 Å². The van der Waals surface area contributed by atoms with Crippen molar-refractivity contribution in [3.63, 3.8) is 0 Å². The Kier molecular flexibility index (Phi) is 7.20. The molecule has 182 valence electrons. The lowest BCUT2D eigenvalue weighted by molar-refractivity contribution is -0.116. The minimum atomic E-state index is -3.85. The zero-order chi connectivity index (χ0) is 25.3. The van der Waals surface area contributed by atoms with E-state index in [-0.39, 0.29) is 37.3 Å². The molecular formula is C22H16ClFN2O6S3. The summed E-state index contributed by atoms with van der Waals surface area (Å²) in [6.07, 6.45) is 1.08. The molecule has 13 heteroatoms. The van der Waals surface area contributed by atoms with Gasteiger partial charge in [-0.25, -0.2) is 17.0 Å². The van der Waals surface area contributed by atoms with Gasteiger partial charge in [-0.2, -0.15) is 0 Å². The highest BCUT2D eigenvalue weighted by Crippen LogP contribution is 2.27. The maximum absolute atomic E-state index is 14.9. The topological polar surface area (TPSA) is 123 Å².